The Hall–Kier alpha value is -3.22. The number of ether oxygens (including phenoxy) is 1. The molecule has 6 nitrogen and oxygen atoms in total. The number of hydrogen-bond donors (Lipinski definition) is 1. The van der Waals surface area contributed by atoms with Gasteiger partial charge in [0, 0.05) is 32.7 Å². The molecule has 4 rings (SSSR count). The maximum Gasteiger partial charge on any atom is 0.338 e. The van der Waals surface area contributed by atoms with E-state index in [0.717, 1.165) is 19.6 Å². The second kappa shape index (κ2) is 9.73. The number of fused-ring (bicyclic) bond motifs is 1. The number of carbonyl (C=O) groups excluding carboxylic acids is 2. The maximum absolute atomic E-state index is 12.5. The molecule has 1 fully saturated rings. The lowest BCUT2D eigenvalue weighted by atomic mass is 10.0. The highest BCUT2D eigenvalue weighted by Crippen LogP contribution is 2.20. The van der Waals surface area contributed by atoms with E-state index in [-0.39, 0.29) is 19.1 Å². The molecule has 0 saturated carbocycles. The fraction of sp³-hybridized carbons (Fsp3) is 0.280. The topological polar surface area (TPSA) is 70.1 Å². The summed E-state index contributed by atoms with van der Waals surface area (Å²) in [6.07, 6.45) is 0. The van der Waals surface area contributed by atoms with Crippen molar-refractivity contribution in [1.29, 1.82) is 0 Å². The molecule has 1 N–H and O–H groups in total. The molecule has 0 unspecified atom stereocenters. The highest BCUT2D eigenvalue weighted by molar-refractivity contribution is 5.91. The van der Waals surface area contributed by atoms with Crippen LogP contribution >= 0.6 is 0 Å². The van der Waals surface area contributed by atoms with Gasteiger partial charge in [0.25, 0.3) is 5.91 Å². The van der Waals surface area contributed by atoms with Crippen molar-refractivity contribution in [2.24, 2.45) is 0 Å². The molecular weight excluding hydrogens is 392 g/mol. The molecule has 1 heterocycles. The lowest BCUT2D eigenvalue weighted by Crippen LogP contribution is -2.49. The Morgan fingerprint density at radius 3 is 2.32 bits per heavy atom. The molecule has 0 radical (unpaired) electrons. The van der Waals surface area contributed by atoms with E-state index in [9.17, 15) is 9.59 Å². The molecule has 0 aromatic heterocycles. The van der Waals surface area contributed by atoms with Crippen LogP contribution in [0, 0.1) is 0 Å². The first-order chi connectivity index (χ1) is 15.1. The van der Waals surface area contributed by atoms with E-state index in [1.165, 1.54) is 16.3 Å². The largest absolute Gasteiger partial charge is 0.452 e. The van der Waals surface area contributed by atoms with E-state index in [1.54, 1.807) is 29.2 Å². The van der Waals surface area contributed by atoms with Gasteiger partial charge < -0.3 is 14.7 Å². The minimum absolute atomic E-state index is 0.0830. The average Bonchev–Trinajstić information content (AvgIpc) is 2.83. The molecule has 1 aliphatic rings. The molecule has 31 heavy (non-hydrogen) atoms. The Morgan fingerprint density at radius 1 is 0.871 bits per heavy atom. The zero-order valence-corrected chi connectivity index (χ0v) is 17.4. The quantitative estimate of drug-likeness (QED) is 0.624. The molecule has 0 spiro atoms. The highest BCUT2D eigenvalue weighted by atomic mass is 16.5. The van der Waals surface area contributed by atoms with Crippen LogP contribution in [0.2, 0.25) is 0 Å². The van der Waals surface area contributed by atoms with Gasteiger partial charge in [-0.3, -0.25) is 9.69 Å². The Morgan fingerprint density at radius 2 is 1.58 bits per heavy atom. The number of esters is 1. The van der Waals surface area contributed by atoms with Gasteiger partial charge in [-0.1, -0.05) is 54.6 Å². The lowest BCUT2D eigenvalue weighted by Gasteiger charge is -2.34. The van der Waals surface area contributed by atoms with Crippen molar-refractivity contribution in [1.82, 2.24) is 9.80 Å². The van der Waals surface area contributed by atoms with Crippen LogP contribution in [0.5, 0.6) is 0 Å². The minimum atomic E-state index is -0.535. The first-order valence-corrected chi connectivity index (χ1v) is 10.5. The summed E-state index contributed by atoms with van der Waals surface area (Å²) < 4.78 is 5.18. The third kappa shape index (κ3) is 5.10. The minimum Gasteiger partial charge on any atom is -0.452 e. The molecule has 0 aliphatic carbocycles. The molecule has 0 atom stereocenters. The van der Waals surface area contributed by atoms with Crippen LogP contribution in [-0.4, -0.2) is 59.6 Å². The van der Waals surface area contributed by atoms with Crippen LogP contribution in [0.3, 0.4) is 0 Å². The van der Waals surface area contributed by atoms with Gasteiger partial charge in [0.05, 0.1) is 12.2 Å². The van der Waals surface area contributed by atoms with E-state index in [4.69, 9.17) is 9.84 Å². The Bertz CT molecular complexity index is 1050. The number of piperazine rings is 1. The Balaban J connectivity index is 1.26. The second-order valence-corrected chi connectivity index (χ2v) is 7.73. The third-order valence-electron chi connectivity index (χ3n) is 5.70. The smallest absolute Gasteiger partial charge is 0.338 e. The summed E-state index contributed by atoms with van der Waals surface area (Å²) in [6, 6.07) is 21.2. The van der Waals surface area contributed by atoms with Gasteiger partial charge >= 0.3 is 5.97 Å². The van der Waals surface area contributed by atoms with Gasteiger partial charge in [-0.05, 0) is 34.0 Å². The second-order valence-electron chi connectivity index (χ2n) is 7.73. The van der Waals surface area contributed by atoms with E-state index in [2.05, 4.69) is 41.3 Å². The molecule has 3 aromatic rings. The number of carbonyl (C=O) groups is 2. The summed E-state index contributed by atoms with van der Waals surface area (Å²) >= 11 is 0. The molecule has 3 aromatic carbocycles. The Kier molecular flexibility index (Phi) is 6.60. The van der Waals surface area contributed by atoms with Gasteiger partial charge in [-0.25, -0.2) is 4.79 Å². The lowest BCUT2D eigenvalue weighted by molar-refractivity contribution is -0.136. The number of aliphatic hydroxyl groups excluding tert-OH is 1. The number of hydrogen-bond acceptors (Lipinski definition) is 5. The van der Waals surface area contributed by atoms with Crippen LogP contribution in [-0.2, 0) is 22.7 Å². The molecule has 6 heteroatoms. The van der Waals surface area contributed by atoms with Crippen LogP contribution in [0.1, 0.15) is 21.5 Å². The van der Waals surface area contributed by atoms with Gasteiger partial charge in [-0.2, -0.15) is 0 Å². The van der Waals surface area contributed by atoms with Crippen molar-refractivity contribution in [2.75, 3.05) is 32.8 Å². The zero-order chi connectivity index (χ0) is 21.6. The van der Waals surface area contributed by atoms with E-state index in [1.807, 2.05) is 6.07 Å². The van der Waals surface area contributed by atoms with Gasteiger partial charge in [0.2, 0.25) is 0 Å². The number of amides is 1. The van der Waals surface area contributed by atoms with E-state index >= 15 is 0 Å². The van der Waals surface area contributed by atoms with Crippen molar-refractivity contribution in [3.8, 4) is 0 Å². The standard InChI is InChI=1S/C25H26N2O4/c28-17-19-8-10-21(11-9-19)25(30)31-18-24(29)27-14-12-26(13-15-27)16-22-6-3-5-20-4-1-2-7-23(20)22/h1-11,28H,12-18H2. The maximum atomic E-state index is 12.5. The van der Waals surface area contributed by atoms with Crippen molar-refractivity contribution >= 4 is 22.6 Å². The summed E-state index contributed by atoms with van der Waals surface area (Å²) in [7, 11) is 0. The summed E-state index contributed by atoms with van der Waals surface area (Å²) in [4.78, 5) is 28.7. The predicted molar refractivity (Wildman–Crippen MR) is 118 cm³/mol. The zero-order valence-electron chi connectivity index (χ0n) is 17.4. The normalized spacial score (nSPS) is 14.5. The first kappa shape index (κ1) is 21.0. The van der Waals surface area contributed by atoms with Crippen molar-refractivity contribution in [3.63, 3.8) is 0 Å². The molecule has 1 amide bonds. The van der Waals surface area contributed by atoms with Gasteiger partial charge in [-0.15, -0.1) is 0 Å². The van der Waals surface area contributed by atoms with Crippen molar-refractivity contribution in [2.45, 2.75) is 13.2 Å². The summed E-state index contributed by atoms with van der Waals surface area (Å²) in [6.45, 7) is 3.31. The summed E-state index contributed by atoms with van der Waals surface area (Å²) in [5, 5.41) is 11.6. The summed E-state index contributed by atoms with van der Waals surface area (Å²) in [5.74, 6) is -0.711. The number of benzene rings is 3. The fourth-order valence-corrected chi connectivity index (χ4v) is 3.87. The van der Waals surface area contributed by atoms with Crippen LogP contribution in [0.15, 0.2) is 66.7 Å². The number of rotatable bonds is 6. The van der Waals surface area contributed by atoms with Crippen LogP contribution in [0.25, 0.3) is 10.8 Å². The molecule has 160 valence electrons. The summed E-state index contributed by atoms with van der Waals surface area (Å²) in [5.41, 5.74) is 2.37. The van der Waals surface area contributed by atoms with Crippen LogP contribution in [0.4, 0.5) is 0 Å². The average molecular weight is 418 g/mol. The van der Waals surface area contributed by atoms with Crippen molar-refractivity contribution in [3.05, 3.63) is 83.4 Å². The molecule has 0 bridgehead atoms. The highest BCUT2D eigenvalue weighted by Gasteiger charge is 2.22. The van der Waals surface area contributed by atoms with Gasteiger partial charge in [0.15, 0.2) is 6.61 Å². The van der Waals surface area contributed by atoms with E-state index in [0.29, 0.717) is 24.2 Å². The first-order valence-electron chi connectivity index (χ1n) is 10.5. The number of nitrogens with zero attached hydrogens (tertiary/aromatic N) is 2. The molecule has 1 aliphatic heterocycles. The molecule has 1 saturated heterocycles. The Labute approximate surface area is 181 Å². The van der Waals surface area contributed by atoms with Gasteiger partial charge in [0.1, 0.15) is 0 Å². The third-order valence-corrected chi connectivity index (χ3v) is 5.70. The monoisotopic (exact) mass is 418 g/mol. The SMILES string of the molecule is O=C(OCC(=O)N1CCN(Cc2cccc3ccccc23)CC1)c1ccc(CO)cc1. The van der Waals surface area contributed by atoms with Crippen molar-refractivity contribution < 1.29 is 19.4 Å². The van der Waals surface area contributed by atoms with E-state index < -0.39 is 5.97 Å². The van der Waals surface area contributed by atoms with Crippen LogP contribution < -0.4 is 0 Å². The number of aliphatic hydroxyl groups is 1. The molecular formula is C25H26N2O4. The predicted octanol–water partition coefficient (Wildman–Crippen LogP) is 2.83. The fourth-order valence-electron chi connectivity index (χ4n) is 3.87.